The first kappa shape index (κ1) is 17.1. The molecule has 0 spiro atoms. The molecule has 2 N–H and O–H groups in total. The molecular formula is C16H17ClN2O4. The number of carbonyl (C=O) groups is 1. The van der Waals surface area contributed by atoms with Gasteiger partial charge < -0.3 is 19.7 Å². The van der Waals surface area contributed by atoms with E-state index in [1.807, 2.05) is 0 Å². The smallest absolute Gasteiger partial charge is 0.255 e. The van der Waals surface area contributed by atoms with Crippen molar-refractivity contribution < 1.29 is 14.6 Å². The van der Waals surface area contributed by atoms with Crippen LogP contribution in [-0.4, -0.2) is 35.3 Å². The number of aliphatic hydroxyl groups excluding tert-OH is 1. The summed E-state index contributed by atoms with van der Waals surface area (Å²) in [4.78, 5) is 23.7. The number of carbonyl (C=O) groups excluding carboxylic acids is 1. The van der Waals surface area contributed by atoms with Crippen LogP contribution >= 0.6 is 11.6 Å². The fraction of sp³-hybridized carbons (Fsp3) is 0.250. The van der Waals surface area contributed by atoms with Crippen LogP contribution in [0, 0.1) is 0 Å². The molecule has 1 aromatic carbocycles. The molecule has 0 saturated carbocycles. The number of nitrogens with zero attached hydrogens (tertiary/aromatic N) is 1. The Hall–Kier alpha value is -2.31. The number of amides is 1. The van der Waals surface area contributed by atoms with Crippen LogP contribution in [-0.2, 0) is 6.54 Å². The molecule has 0 saturated heterocycles. The first-order valence-electron chi connectivity index (χ1n) is 6.96. The molecular weight excluding hydrogens is 320 g/mol. The van der Waals surface area contributed by atoms with Crippen molar-refractivity contribution in [1.29, 1.82) is 0 Å². The lowest BCUT2D eigenvalue weighted by molar-refractivity contribution is 0.0900. The van der Waals surface area contributed by atoms with Crippen molar-refractivity contribution in [1.82, 2.24) is 9.88 Å². The highest BCUT2D eigenvalue weighted by Crippen LogP contribution is 2.22. The molecule has 0 aliphatic carbocycles. The zero-order chi connectivity index (χ0) is 16.8. The van der Waals surface area contributed by atoms with Gasteiger partial charge in [-0.2, -0.15) is 0 Å². The molecule has 1 amide bonds. The second kappa shape index (κ2) is 7.80. The van der Waals surface area contributed by atoms with Gasteiger partial charge in [0.1, 0.15) is 5.75 Å². The van der Waals surface area contributed by atoms with E-state index in [4.69, 9.17) is 16.3 Å². The molecule has 0 bridgehead atoms. The molecule has 0 radical (unpaired) electrons. The van der Waals surface area contributed by atoms with Crippen molar-refractivity contribution in [3.05, 3.63) is 63.5 Å². The van der Waals surface area contributed by atoms with Gasteiger partial charge in [-0.25, -0.2) is 0 Å². The van der Waals surface area contributed by atoms with Crippen LogP contribution < -0.4 is 15.6 Å². The van der Waals surface area contributed by atoms with E-state index in [-0.39, 0.29) is 24.2 Å². The largest absolute Gasteiger partial charge is 0.496 e. The van der Waals surface area contributed by atoms with Gasteiger partial charge in [0.25, 0.3) is 11.5 Å². The Morgan fingerprint density at radius 2 is 2.17 bits per heavy atom. The van der Waals surface area contributed by atoms with Gasteiger partial charge in [-0.1, -0.05) is 17.7 Å². The summed E-state index contributed by atoms with van der Waals surface area (Å²) < 4.78 is 6.48. The van der Waals surface area contributed by atoms with Gasteiger partial charge in [-0.3, -0.25) is 9.59 Å². The zero-order valence-corrected chi connectivity index (χ0v) is 13.3. The summed E-state index contributed by atoms with van der Waals surface area (Å²) in [6.45, 7) is 0.0858. The SMILES string of the molecule is COc1ccc(Cl)cc1C(=O)NC[C@H](O)Cn1ccccc1=O. The van der Waals surface area contributed by atoms with Crippen LogP contribution in [0.4, 0.5) is 0 Å². The van der Waals surface area contributed by atoms with Crippen LogP contribution in [0.25, 0.3) is 0 Å². The molecule has 0 aliphatic heterocycles. The minimum Gasteiger partial charge on any atom is -0.496 e. The fourth-order valence-corrected chi connectivity index (χ4v) is 2.24. The lowest BCUT2D eigenvalue weighted by atomic mass is 10.2. The third kappa shape index (κ3) is 4.58. The van der Waals surface area contributed by atoms with Crippen molar-refractivity contribution in [2.45, 2.75) is 12.6 Å². The maximum atomic E-state index is 12.2. The number of rotatable bonds is 6. The predicted molar refractivity (Wildman–Crippen MR) is 87.0 cm³/mol. The molecule has 1 aromatic heterocycles. The van der Waals surface area contributed by atoms with Crippen LogP contribution in [0.1, 0.15) is 10.4 Å². The van der Waals surface area contributed by atoms with E-state index < -0.39 is 12.0 Å². The predicted octanol–water partition coefficient (Wildman–Crippen LogP) is 1.30. The zero-order valence-electron chi connectivity index (χ0n) is 12.5. The van der Waals surface area contributed by atoms with Crippen LogP contribution in [0.2, 0.25) is 5.02 Å². The van der Waals surface area contributed by atoms with Gasteiger partial charge in [0.05, 0.1) is 25.3 Å². The molecule has 2 rings (SSSR count). The number of aliphatic hydroxyl groups is 1. The molecule has 2 aromatic rings. The minimum absolute atomic E-state index is 0.00413. The first-order valence-corrected chi connectivity index (χ1v) is 7.34. The van der Waals surface area contributed by atoms with E-state index in [2.05, 4.69) is 5.32 Å². The van der Waals surface area contributed by atoms with E-state index in [0.29, 0.717) is 10.8 Å². The number of benzene rings is 1. The van der Waals surface area contributed by atoms with Gasteiger partial charge in [0.15, 0.2) is 0 Å². The van der Waals surface area contributed by atoms with E-state index >= 15 is 0 Å². The van der Waals surface area contributed by atoms with Crippen molar-refractivity contribution >= 4 is 17.5 Å². The maximum absolute atomic E-state index is 12.2. The number of methoxy groups -OCH3 is 1. The second-order valence-electron chi connectivity index (χ2n) is 4.90. The Morgan fingerprint density at radius 1 is 1.39 bits per heavy atom. The van der Waals surface area contributed by atoms with Crippen molar-refractivity contribution in [2.75, 3.05) is 13.7 Å². The third-order valence-corrected chi connectivity index (χ3v) is 3.45. The lowest BCUT2D eigenvalue weighted by Gasteiger charge is -2.14. The quantitative estimate of drug-likeness (QED) is 0.833. The van der Waals surface area contributed by atoms with E-state index in [1.54, 1.807) is 30.5 Å². The Labute approximate surface area is 138 Å². The van der Waals surface area contributed by atoms with Crippen LogP contribution in [0.3, 0.4) is 0 Å². The van der Waals surface area contributed by atoms with Crippen molar-refractivity contribution in [2.24, 2.45) is 0 Å². The van der Waals surface area contributed by atoms with Gasteiger partial charge >= 0.3 is 0 Å². The standard InChI is InChI=1S/C16H17ClN2O4/c1-23-14-6-5-11(17)8-13(14)16(22)18-9-12(20)10-19-7-3-2-4-15(19)21/h2-8,12,20H,9-10H2,1H3,(H,18,22)/t12-/m0/s1. The molecule has 1 heterocycles. The third-order valence-electron chi connectivity index (χ3n) is 3.21. The number of pyridine rings is 1. The normalized spacial score (nSPS) is 11.8. The highest BCUT2D eigenvalue weighted by molar-refractivity contribution is 6.31. The maximum Gasteiger partial charge on any atom is 0.255 e. The number of hydrogen-bond donors (Lipinski definition) is 2. The summed E-state index contributed by atoms with van der Waals surface area (Å²) in [5, 5.41) is 13.0. The Balaban J connectivity index is 1.98. The van der Waals surface area contributed by atoms with Gasteiger partial charge in [0, 0.05) is 23.8 Å². The molecule has 7 heteroatoms. The van der Waals surface area contributed by atoms with Crippen LogP contribution in [0.5, 0.6) is 5.75 Å². The number of aromatic nitrogens is 1. The molecule has 122 valence electrons. The first-order chi connectivity index (χ1) is 11.0. The summed E-state index contributed by atoms with van der Waals surface area (Å²) in [7, 11) is 1.46. The van der Waals surface area contributed by atoms with E-state index in [1.165, 1.54) is 23.8 Å². The van der Waals surface area contributed by atoms with Crippen molar-refractivity contribution in [3.8, 4) is 5.75 Å². The van der Waals surface area contributed by atoms with E-state index in [9.17, 15) is 14.7 Å². The second-order valence-corrected chi connectivity index (χ2v) is 5.34. The van der Waals surface area contributed by atoms with Crippen LogP contribution in [0.15, 0.2) is 47.4 Å². The fourth-order valence-electron chi connectivity index (χ4n) is 2.07. The summed E-state index contributed by atoms with van der Waals surface area (Å²) in [6, 6.07) is 9.43. The lowest BCUT2D eigenvalue weighted by Crippen LogP contribution is -2.36. The highest BCUT2D eigenvalue weighted by Gasteiger charge is 2.14. The molecule has 1 atom stereocenters. The number of hydrogen-bond acceptors (Lipinski definition) is 4. The van der Waals surface area contributed by atoms with Crippen molar-refractivity contribution in [3.63, 3.8) is 0 Å². The Bertz CT molecular complexity index is 745. The van der Waals surface area contributed by atoms with Gasteiger partial charge in [-0.15, -0.1) is 0 Å². The summed E-state index contributed by atoms with van der Waals surface area (Å²) in [5.74, 6) is -0.0236. The number of nitrogens with one attached hydrogen (secondary N) is 1. The average molecular weight is 337 g/mol. The molecule has 0 unspecified atom stereocenters. The monoisotopic (exact) mass is 336 g/mol. The summed E-state index contributed by atoms with van der Waals surface area (Å²) in [6.07, 6.45) is 0.678. The molecule has 0 aliphatic rings. The molecule has 6 nitrogen and oxygen atoms in total. The topological polar surface area (TPSA) is 80.6 Å². The van der Waals surface area contributed by atoms with E-state index in [0.717, 1.165) is 0 Å². The van der Waals surface area contributed by atoms with Gasteiger partial charge in [0.2, 0.25) is 0 Å². The minimum atomic E-state index is -0.899. The molecule has 0 fully saturated rings. The summed E-state index contributed by atoms with van der Waals surface area (Å²) >= 11 is 5.88. The Morgan fingerprint density at radius 3 is 2.87 bits per heavy atom. The number of ether oxygens (including phenoxy) is 1. The Kier molecular flexibility index (Phi) is 5.78. The highest BCUT2D eigenvalue weighted by atomic mass is 35.5. The van der Waals surface area contributed by atoms with Gasteiger partial charge in [-0.05, 0) is 24.3 Å². The summed E-state index contributed by atoms with van der Waals surface area (Å²) in [5.41, 5.74) is 0.0680. The number of halogens is 1. The molecule has 23 heavy (non-hydrogen) atoms. The average Bonchev–Trinajstić information content (AvgIpc) is 2.54.